The fraction of sp³-hybridized carbons (Fsp3) is 0.800. The molecule has 0 aliphatic rings. The first-order valence-electron chi connectivity index (χ1n) is 3.75. The number of carboxylic acid groups (broad SMARTS) is 1. The van der Waals surface area contributed by atoms with Gasteiger partial charge >= 0.3 is 5.97 Å². The van der Waals surface area contributed by atoms with Crippen LogP contribution in [0.1, 0.15) is 23.8 Å². The van der Waals surface area contributed by atoms with Crippen molar-refractivity contribution in [1.82, 2.24) is 0 Å². The van der Waals surface area contributed by atoms with Crippen LogP contribution in [-0.2, 0) is 4.79 Å². The lowest BCUT2D eigenvalue weighted by atomic mass is 11.0. The summed E-state index contributed by atoms with van der Waals surface area (Å²) in [7, 11) is 0. The summed E-state index contributed by atoms with van der Waals surface area (Å²) in [5.74, 6) is -1.35. The molecule has 0 aliphatic carbocycles. The van der Waals surface area contributed by atoms with Crippen LogP contribution in [0, 0.1) is 0 Å². The van der Waals surface area contributed by atoms with E-state index in [4.69, 9.17) is 15.0 Å². The van der Waals surface area contributed by atoms with E-state index in [-0.39, 0.29) is 0 Å². The highest BCUT2D eigenvalue weighted by molar-refractivity contribution is 5.72. The molecule has 0 bridgehead atoms. The third-order valence-corrected chi connectivity index (χ3v) is 0.631. The number of aliphatic carboxylic acids is 1. The maximum Gasteiger partial charge on any atom is 0.320 e. The van der Waals surface area contributed by atoms with E-state index >= 15 is 0 Å². The summed E-state index contributed by atoms with van der Waals surface area (Å²) in [5, 5.41) is 8.30. The van der Waals surface area contributed by atoms with Crippen LogP contribution < -0.4 is 5.73 Å². The molecule has 1 unspecified atom stereocenters. The average Bonchev–Trinajstić information content (AvgIpc) is 1.82. The van der Waals surface area contributed by atoms with Crippen molar-refractivity contribution in [3.8, 4) is 0 Å². The highest BCUT2D eigenvalue weighted by atomic mass is 16.5. The SMILES string of the molecule is [2H][13CH]([13C@H]([15NH2])[13C](=O)O)[13C]([2H])([2H])C. The van der Waals surface area contributed by atoms with Crippen molar-refractivity contribution in [3.63, 3.8) is 0 Å². The van der Waals surface area contributed by atoms with Gasteiger partial charge in [-0.15, -0.1) is 0 Å². The van der Waals surface area contributed by atoms with Crippen molar-refractivity contribution in [2.24, 2.45) is 5.73 Å². The van der Waals surface area contributed by atoms with E-state index in [1.807, 2.05) is 0 Å². The molecule has 0 heterocycles. The second-order valence-electron chi connectivity index (χ2n) is 1.32. The standard InChI is InChI=1S/C5H11NO2/c1-2-3-4(6)5(7)8/h4H,2-3,6H2,1H3,(H,7,8)/t4-/m0/s1/i2+1D2,3+1D,4+1,5+1,6+1/t3?,4-. The van der Waals surface area contributed by atoms with Gasteiger partial charge < -0.3 is 10.8 Å². The summed E-state index contributed by atoms with van der Waals surface area (Å²) >= 11 is 0. The van der Waals surface area contributed by atoms with Crippen LogP contribution in [-0.4, -0.2) is 17.1 Å². The molecule has 0 radical (unpaired) electrons. The van der Waals surface area contributed by atoms with Crippen LogP contribution in [0.3, 0.4) is 0 Å². The Labute approximate surface area is 52.7 Å². The molecule has 0 fully saturated rings. The normalized spacial score (nSPS) is 24.5. The zero-order valence-electron chi connectivity index (χ0n) is 7.59. The van der Waals surface area contributed by atoms with Crippen molar-refractivity contribution >= 4 is 5.97 Å². The van der Waals surface area contributed by atoms with Crippen LogP contribution in [0.15, 0.2) is 0 Å². The van der Waals surface area contributed by atoms with Gasteiger partial charge in [-0.3, -0.25) is 4.79 Å². The summed E-state index contributed by atoms with van der Waals surface area (Å²) in [6.45, 7) is 1.13. The highest BCUT2D eigenvalue weighted by Crippen LogP contribution is 1.91. The van der Waals surface area contributed by atoms with Crippen LogP contribution in [0.2, 0.25) is 0 Å². The Bertz CT molecular complexity index is 156. The van der Waals surface area contributed by atoms with Gasteiger partial charge in [-0.1, -0.05) is 13.3 Å². The summed E-state index contributed by atoms with van der Waals surface area (Å²) < 4.78 is 21.1. The van der Waals surface area contributed by atoms with Crippen LogP contribution in [0.25, 0.3) is 0 Å². The van der Waals surface area contributed by atoms with E-state index in [1.165, 1.54) is 0 Å². The van der Waals surface area contributed by atoms with Gasteiger partial charge in [-0.2, -0.15) is 0 Å². The molecule has 0 spiro atoms. The minimum absolute atomic E-state index is 1.13. The first-order valence-corrected chi connectivity index (χ1v) is 2.17. The summed E-state index contributed by atoms with van der Waals surface area (Å²) in [5.41, 5.74) is 5.02. The summed E-state index contributed by atoms with van der Waals surface area (Å²) in [4.78, 5) is 10.2. The lowest BCUT2D eigenvalue weighted by Gasteiger charge is -2.00. The number of rotatable bonds is 3. The maximum atomic E-state index is 10.2. The first kappa shape index (κ1) is 3.45. The molecule has 0 rings (SSSR count). The van der Waals surface area contributed by atoms with Crippen molar-refractivity contribution in [2.75, 3.05) is 0 Å². The largest absolute Gasteiger partial charge is 0.480 e. The average molecular weight is 125 g/mol. The molecule has 0 aromatic carbocycles. The summed E-state index contributed by atoms with van der Waals surface area (Å²) in [6.07, 6.45) is -3.31. The van der Waals surface area contributed by atoms with Gasteiger partial charge in [0.15, 0.2) is 0 Å². The van der Waals surface area contributed by atoms with E-state index in [2.05, 4.69) is 0 Å². The van der Waals surface area contributed by atoms with Crippen LogP contribution >= 0.6 is 0 Å². The molecule has 3 heteroatoms. The number of carbonyl (C=O) groups is 1. The molecule has 0 amide bonds. The topological polar surface area (TPSA) is 63.3 Å². The van der Waals surface area contributed by atoms with Gasteiger partial charge in [0.25, 0.3) is 0 Å². The van der Waals surface area contributed by atoms with E-state index in [0.717, 1.165) is 6.92 Å². The molecule has 0 aromatic rings. The molecule has 48 valence electrons. The molecule has 3 nitrogen and oxygen atoms in total. The van der Waals surface area contributed by atoms with Crippen LogP contribution in [0.5, 0.6) is 0 Å². The molecule has 2 atom stereocenters. The molecule has 3 N–H and O–H groups in total. The minimum atomic E-state index is -1.88. The smallest absolute Gasteiger partial charge is 0.320 e. The van der Waals surface area contributed by atoms with Gasteiger partial charge in [0.05, 0.1) is 0 Å². The van der Waals surface area contributed by atoms with Gasteiger partial charge in [0, 0.05) is 4.11 Å². The maximum absolute atomic E-state index is 10.2. The third-order valence-electron chi connectivity index (χ3n) is 0.631. The second-order valence-corrected chi connectivity index (χ2v) is 1.32. The van der Waals surface area contributed by atoms with Gasteiger partial charge in [0.2, 0.25) is 0 Å². The first-order chi connectivity index (χ1) is 4.76. The number of hydrogen-bond acceptors (Lipinski definition) is 2. The van der Waals surface area contributed by atoms with Crippen molar-refractivity contribution < 1.29 is 14.0 Å². The molecule has 0 saturated carbocycles. The minimum Gasteiger partial charge on any atom is -0.480 e. The van der Waals surface area contributed by atoms with E-state index in [0.29, 0.717) is 0 Å². The molecule has 0 saturated heterocycles. The summed E-state index contributed by atoms with van der Waals surface area (Å²) in [6, 6.07) is -1.46. The zero-order valence-corrected chi connectivity index (χ0v) is 4.59. The van der Waals surface area contributed by atoms with E-state index in [9.17, 15) is 4.79 Å². The molecular weight excluding hydrogens is 111 g/mol. The molecular formula is C5H11NO2. The third kappa shape index (κ3) is 2.58. The Morgan fingerprint density at radius 1 is 2.12 bits per heavy atom. The Hall–Kier alpha value is -0.570. The molecule has 0 aromatic heterocycles. The Kier molecular flexibility index (Phi) is 1.48. The zero-order chi connectivity index (χ0) is 9.23. The lowest BCUT2D eigenvalue weighted by molar-refractivity contribution is -0.138. The molecule has 8 heavy (non-hydrogen) atoms. The number of hydrogen-bond donors (Lipinski definition) is 2. The van der Waals surface area contributed by atoms with Crippen molar-refractivity contribution in [1.29, 1.82) is 0 Å². The fourth-order valence-corrected chi connectivity index (χ4v) is 0.251. The second kappa shape index (κ2) is 3.43. The van der Waals surface area contributed by atoms with Crippen molar-refractivity contribution in [3.05, 3.63) is 0 Å². The van der Waals surface area contributed by atoms with Gasteiger partial charge in [0.1, 0.15) is 6.04 Å². The molecule has 0 aliphatic heterocycles. The van der Waals surface area contributed by atoms with Gasteiger partial charge in [-0.25, -0.2) is 0 Å². The fourth-order valence-electron chi connectivity index (χ4n) is 0.251. The highest BCUT2D eigenvalue weighted by Gasteiger charge is 2.07. The Balaban J connectivity index is 4.25. The van der Waals surface area contributed by atoms with E-state index in [1.54, 1.807) is 0 Å². The Morgan fingerprint density at radius 2 is 2.62 bits per heavy atom. The predicted octanol–water partition coefficient (Wildman–Crippen LogP) is 0.198. The van der Waals surface area contributed by atoms with Gasteiger partial charge in [-0.05, 0) is 6.40 Å². The lowest BCUT2D eigenvalue weighted by Crippen LogP contribution is -2.29. The van der Waals surface area contributed by atoms with Crippen LogP contribution in [0.4, 0.5) is 0 Å². The quantitative estimate of drug-likeness (QED) is 0.418. The predicted molar refractivity (Wildman–Crippen MR) is 30.5 cm³/mol. The Morgan fingerprint density at radius 3 is 2.75 bits per heavy atom. The number of carboxylic acids is 1. The monoisotopic (exact) mass is 125 g/mol. The van der Waals surface area contributed by atoms with E-state index < -0.39 is 24.8 Å². The van der Waals surface area contributed by atoms with Crippen molar-refractivity contribution in [2.45, 2.75) is 25.7 Å². The number of nitrogens with two attached hydrogens (primary N) is 1.